The van der Waals surface area contributed by atoms with Gasteiger partial charge in [0.25, 0.3) is 0 Å². The molecule has 0 radical (unpaired) electrons. The van der Waals surface area contributed by atoms with E-state index in [-0.39, 0.29) is 18.1 Å². The molecule has 1 aromatic rings. The maximum atomic E-state index is 11.1. The minimum absolute atomic E-state index is 0.124. The summed E-state index contributed by atoms with van der Waals surface area (Å²) in [6.07, 6.45) is 0.632. The van der Waals surface area contributed by atoms with Gasteiger partial charge in [-0.05, 0) is 25.5 Å². The van der Waals surface area contributed by atoms with Crippen LogP contribution in [-0.4, -0.2) is 17.7 Å². The summed E-state index contributed by atoms with van der Waals surface area (Å²) in [6.45, 7) is 2.13. The van der Waals surface area contributed by atoms with Crippen LogP contribution < -0.4 is 5.73 Å². The fraction of sp³-hybridized carbons (Fsp3) is 0.364. The average Bonchev–Trinajstić information content (AvgIpc) is 2.17. The van der Waals surface area contributed by atoms with E-state index in [2.05, 4.69) is 0 Å². The Labute approximate surface area is 88.7 Å². The lowest BCUT2D eigenvalue weighted by Gasteiger charge is -2.07. The van der Waals surface area contributed by atoms with Crippen LogP contribution in [0.25, 0.3) is 0 Å². The number of hydrogen-bond acceptors (Lipinski definition) is 4. The van der Waals surface area contributed by atoms with Crippen molar-refractivity contribution in [3.63, 3.8) is 0 Å². The molecule has 0 amide bonds. The third-order valence-corrected chi connectivity index (χ3v) is 2.07. The molecule has 0 aliphatic heterocycles. The van der Waals surface area contributed by atoms with Gasteiger partial charge >= 0.3 is 5.97 Å². The molecule has 82 valence electrons. The molecule has 4 nitrogen and oxygen atoms in total. The van der Waals surface area contributed by atoms with Crippen molar-refractivity contribution >= 4 is 11.7 Å². The van der Waals surface area contributed by atoms with Crippen molar-refractivity contribution in [3.05, 3.63) is 23.8 Å². The van der Waals surface area contributed by atoms with Gasteiger partial charge in [0.2, 0.25) is 0 Å². The Morgan fingerprint density at radius 3 is 2.87 bits per heavy atom. The van der Waals surface area contributed by atoms with Gasteiger partial charge in [-0.1, -0.05) is 6.07 Å². The van der Waals surface area contributed by atoms with E-state index in [9.17, 15) is 9.90 Å². The highest BCUT2D eigenvalue weighted by atomic mass is 16.5. The Balaban J connectivity index is 2.61. The van der Waals surface area contributed by atoms with Gasteiger partial charge in [0.15, 0.2) is 0 Å². The molecular weight excluding hydrogens is 194 g/mol. The highest BCUT2D eigenvalue weighted by Gasteiger charge is 2.08. The van der Waals surface area contributed by atoms with Crippen LogP contribution in [0.5, 0.6) is 5.75 Å². The molecule has 0 aliphatic rings. The number of phenols is 1. The van der Waals surface area contributed by atoms with Gasteiger partial charge in [-0.3, -0.25) is 4.79 Å². The molecule has 0 spiro atoms. The Hall–Kier alpha value is -1.71. The van der Waals surface area contributed by atoms with Gasteiger partial charge in [0.1, 0.15) is 5.75 Å². The summed E-state index contributed by atoms with van der Waals surface area (Å²) in [7, 11) is 0. The number of ether oxygens (including phenoxy) is 1. The lowest BCUT2D eigenvalue weighted by Crippen LogP contribution is -2.06. The van der Waals surface area contributed by atoms with Gasteiger partial charge in [-0.25, -0.2) is 0 Å². The number of carbonyl (C=O) groups excluding carboxylic acids is 1. The number of carbonyl (C=O) groups is 1. The Morgan fingerprint density at radius 2 is 2.27 bits per heavy atom. The van der Waals surface area contributed by atoms with Gasteiger partial charge in [0.05, 0.1) is 6.61 Å². The topological polar surface area (TPSA) is 72.5 Å². The minimum atomic E-state index is -0.278. The molecular formula is C11H15NO3. The normalized spacial score (nSPS) is 9.93. The Morgan fingerprint density at radius 1 is 1.53 bits per heavy atom. The number of nitrogens with two attached hydrogens (primary N) is 1. The molecule has 0 heterocycles. The summed E-state index contributed by atoms with van der Waals surface area (Å²) < 4.78 is 4.78. The number of phenolic OH excluding ortho intramolecular Hbond substituents is 1. The number of esters is 1. The molecule has 0 saturated carbocycles. The largest absolute Gasteiger partial charge is 0.508 e. The van der Waals surface area contributed by atoms with Crippen LogP contribution in [0.3, 0.4) is 0 Å². The summed E-state index contributed by atoms with van der Waals surface area (Å²) in [5.41, 5.74) is 6.77. The fourth-order valence-electron chi connectivity index (χ4n) is 1.32. The summed E-state index contributed by atoms with van der Waals surface area (Å²) in [5.74, 6) is -0.153. The summed E-state index contributed by atoms with van der Waals surface area (Å²) in [6, 6.07) is 4.91. The molecule has 0 saturated heterocycles. The average molecular weight is 209 g/mol. The second kappa shape index (κ2) is 5.24. The standard InChI is InChI=1S/C11H15NO3/c1-2-15-11(14)7-6-8-9(12)4-3-5-10(8)13/h3-5,13H,2,6-7,12H2,1H3. The van der Waals surface area contributed by atoms with E-state index in [4.69, 9.17) is 10.5 Å². The van der Waals surface area contributed by atoms with Crippen LogP contribution in [0.1, 0.15) is 18.9 Å². The minimum Gasteiger partial charge on any atom is -0.508 e. The zero-order valence-electron chi connectivity index (χ0n) is 8.69. The van der Waals surface area contributed by atoms with Crippen molar-refractivity contribution < 1.29 is 14.6 Å². The molecule has 0 atom stereocenters. The van der Waals surface area contributed by atoms with Crippen molar-refractivity contribution in [3.8, 4) is 5.75 Å². The number of aromatic hydroxyl groups is 1. The predicted octanol–water partition coefficient (Wildman–Crippen LogP) is 1.47. The lowest BCUT2D eigenvalue weighted by molar-refractivity contribution is -0.143. The first kappa shape index (κ1) is 11.4. The molecule has 0 unspecified atom stereocenters. The van der Waals surface area contributed by atoms with Gasteiger partial charge in [-0.2, -0.15) is 0 Å². The lowest BCUT2D eigenvalue weighted by atomic mass is 10.1. The maximum Gasteiger partial charge on any atom is 0.306 e. The number of rotatable bonds is 4. The first-order chi connectivity index (χ1) is 7.15. The Bertz CT molecular complexity index is 329. The molecule has 0 bridgehead atoms. The van der Waals surface area contributed by atoms with Crippen molar-refractivity contribution in [2.45, 2.75) is 19.8 Å². The number of benzene rings is 1. The third-order valence-electron chi connectivity index (χ3n) is 2.07. The maximum absolute atomic E-state index is 11.1. The van der Waals surface area contributed by atoms with Crippen LogP contribution in [-0.2, 0) is 16.0 Å². The molecule has 1 aromatic carbocycles. The SMILES string of the molecule is CCOC(=O)CCc1c(N)cccc1O. The van der Waals surface area contributed by atoms with E-state index < -0.39 is 0 Å². The monoisotopic (exact) mass is 209 g/mol. The zero-order valence-corrected chi connectivity index (χ0v) is 8.69. The molecule has 15 heavy (non-hydrogen) atoms. The van der Waals surface area contributed by atoms with Gasteiger partial charge in [0, 0.05) is 17.7 Å². The first-order valence-electron chi connectivity index (χ1n) is 4.87. The van der Waals surface area contributed by atoms with Crippen LogP contribution in [0.4, 0.5) is 5.69 Å². The molecule has 0 aliphatic carbocycles. The van der Waals surface area contributed by atoms with E-state index in [1.807, 2.05) is 0 Å². The zero-order chi connectivity index (χ0) is 11.3. The van der Waals surface area contributed by atoms with Gasteiger partial charge < -0.3 is 15.6 Å². The third kappa shape index (κ3) is 3.16. The quantitative estimate of drug-likeness (QED) is 0.581. The van der Waals surface area contributed by atoms with E-state index in [1.165, 1.54) is 0 Å². The summed E-state index contributed by atoms with van der Waals surface area (Å²) >= 11 is 0. The number of hydrogen-bond donors (Lipinski definition) is 2. The summed E-state index contributed by atoms with van der Waals surface area (Å²) in [4.78, 5) is 11.1. The molecule has 4 heteroatoms. The smallest absolute Gasteiger partial charge is 0.306 e. The van der Waals surface area contributed by atoms with Crippen LogP contribution in [0.15, 0.2) is 18.2 Å². The van der Waals surface area contributed by atoms with E-state index >= 15 is 0 Å². The fourth-order valence-corrected chi connectivity index (χ4v) is 1.32. The highest BCUT2D eigenvalue weighted by Crippen LogP contribution is 2.24. The highest BCUT2D eigenvalue weighted by molar-refractivity contribution is 5.70. The van der Waals surface area contributed by atoms with Crippen molar-refractivity contribution in [1.82, 2.24) is 0 Å². The van der Waals surface area contributed by atoms with Gasteiger partial charge in [-0.15, -0.1) is 0 Å². The Kier molecular flexibility index (Phi) is 3.97. The summed E-state index contributed by atoms with van der Waals surface area (Å²) in [5, 5.41) is 9.50. The van der Waals surface area contributed by atoms with Crippen molar-refractivity contribution in [2.24, 2.45) is 0 Å². The molecule has 0 fully saturated rings. The number of anilines is 1. The van der Waals surface area contributed by atoms with Crippen LogP contribution >= 0.6 is 0 Å². The predicted molar refractivity (Wildman–Crippen MR) is 57.5 cm³/mol. The molecule has 1 rings (SSSR count). The first-order valence-corrected chi connectivity index (χ1v) is 4.87. The van der Waals surface area contributed by atoms with Crippen LogP contribution in [0, 0.1) is 0 Å². The molecule has 3 N–H and O–H groups in total. The van der Waals surface area contributed by atoms with E-state index in [0.29, 0.717) is 24.3 Å². The van der Waals surface area contributed by atoms with Crippen LogP contribution in [0.2, 0.25) is 0 Å². The van der Waals surface area contributed by atoms with E-state index in [0.717, 1.165) is 0 Å². The second-order valence-corrected chi connectivity index (χ2v) is 3.15. The molecule has 0 aromatic heterocycles. The number of nitrogen functional groups attached to an aromatic ring is 1. The second-order valence-electron chi connectivity index (χ2n) is 3.15. The van der Waals surface area contributed by atoms with Crippen molar-refractivity contribution in [1.29, 1.82) is 0 Å². The van der Waals surface area contributed by atoms with E-state index in [1.54, 1.807) is 25.1 Å². The van der Waals surface area contributed by atoms with Crippen molar-refractivity contribution in [2.75, 3.05) is 12.3 Å².